The summed E-state index contributed by atoms with van der Waals surface area (Å²) in [6.07, 6.45) is -7.99. The van der Waals surface area contributed by atoms with Gasteiger partial charge in [-0.15, -0.1) is 0 Å². The molecule has 154 valence electrons. The van der Waals surface area contributed by atoms with E-state index in [4.69, 9.17) is 0 Å². The van der Waals surface area contributed by atoms with Crippen LogP contribution in [0.2, 0.25) is 0 Å². The van der Waals surface area contributed by atoms with Crippen LogP contribution in [0, 0.1) is 0 Å². The van der Waals surface area contributed by atoms with Gasteiger partial charge in [-0.05, 0) is 13.8 Å². The number of alkyl halides is 3. The van der Waals surface area contributed by atoms with Gasteiger partial charge in [-0.25, -0.2) is 9.59 Å². The number of carbonyl (C=O) groups is 5. The van der Waals surface area contributed by atoms with E-state index in [9.17, 15) is 42.3 Å². The lowest BCUT2D eigenvalue weighted by Crippen LogP contribution is -2.61. The number of nitrogens with one attached hydrogen (secondary N) is 2. The molecule has 2 atom stereocenters. The molecule has 2 amide bonds. The number of carboxylic acids is 1. The first-order chi connectivity index (χ1) is 12.3. The summed E-state index contributed by atoms with van der Waals surface area (Å²) in [4.78, 5) is 57.7. The van der Waals surface area contributed by atoms with Crippen molar-refractivity contribution in [3.8, 4) is 0 Å². The number of ether oxygens (including phenoxy) is 2. The molecule has 0 aliphatic heterocycles. The maximum atomic E-state index is 12.5. The quantitative estimate of drug-likeness (QED) is 0.439. The fourth-order valence-electron chi connectivity index (χ4n) is 1.90. The van der Waals surface area contributed by atoms with Gasteiger partial charge in [0.2, 0.25) is 5.91 Å². The standard InChI is InChI=1S/C14H19F3N2O8/c1-4-27-9(21)6-13(12(24)25,19-11(23)14(15,16)17)5-8(20)18-7(2)10(22)26-3/h7H,4-6H2,1-3H3,(H,18,20)(H,19,23)(H,24,25)/t7-,13-/m0/s1. The van der Waals surface area contributed by atoms with Gasteiger partial charge in [0.25, 0.3) is 0 Å². The minimum absolute atomic E-state index is 0.215. The van der Waals surface area contributed by atoms with E-state index in [0.29, 0.717) is 0 Å². The molecule has 10 nitrogen and oxygen atoms in total. The number of carbonyl (C=O) groups excluding carboxylic acids is 4. The normalized spacial score (nSPS) is 14.3. The Balaban J connectivity index is 5.68. The van der Waals surface area contributed by atoms with Crippen LogP contribution < -0.4 is 10.6 Å². The van der Waals surface area contributed by atoms with Crippen molar-refractivity contribution in [3.63, 3.8) is 0 Å². The van der Waals surface area contributed by atoms with Crippen molar-refractivity contribution in [2.75, 3.05) is 13.7 Å². The van der Waals surface area contributed by atoms with E-state index in [0.717, 1.165) is 7.11 Å². The van der Waals surface area contributed by atoms with Crippen molar-refractivity contribution < 1.29 is 51.7 Å². The van der Waals surface area contributed by atoms with Crippen LogP contribution in [0.4, 0.5) is 13.2 Å². The lowest BCUT2D eigenvalue weighted by atomic mass is 9.90. The van der Waals surface area contributed by atoms with Gasteiger partial charge in [0.1, 0.15) is 6.04 Å². The van der Waals surface area contributed by atoms with Crippen LogP contribution in [-0.2, 0) is 33.4 Å². The maximum absolute atomic E-state index is 12.5. The summed E-state index contributed by atoms with van der Waals surface area (Å²) in [5.74, 6) is -8.12. The van der Waals surface area contributed by atoms with Crippen molar-refractivity contribution in [2.24, 2.45) is 0 Å². The molecular weight excluding hydrogens is 381 g/mol. The fourth-order valence-corrected chi connectivity index (χ4v) is 1.90. The minimum atomic E-state index is -5.47. The Morgan fingerprint density at radius 2 is 1.67 bits per heavy atom. The molecule has 0 bridgehead atoms. The van der Waals surface area contributed by atoms with E-state index in [-0.39, 0.29) is 6.61 Å². The Kier molecular flexibility index (Phi) is 8.70. The summed E-state index contributed by atoms with van der Waals surface area (Å²) in [7, 11) is 1.01. The Morgan fingerprint density at radius 1 is 1.11 bits per heavy atom. The third-order valence-corrected chi connectivity index (χ3v) is 3.17. The third-order valence-electron chi connectivity index (χ3n) is 3.17. The number of methoxy groups -OCH3 is 1. The Morgan fingerprint density at radius 3 is 2.07 bits per heavy atom. The third kappa shape index (κ3) is 7.50. The zero-order valence-electron chi connectivity index (χ0n) is 14.6. The predicted octanol–water partition coefficient (Wildman–Crippen LogP) is -0.491. The van der Waals surface area contributed by atoms with Gasteiger partial charge in [-0.1, -0.05) is 0 Å². The summed E-state index contributed by atoms with van der Waals surface area (Å²) in [6.45, 7) is 2.32. The van der Waals surface area contributed by atoms with Gasteiger partial charge in [0.05, 0.1) is 26.6 Å². The second-order valence-electron chi connectivity index (χ2n) is 5.31. The summed E-state index contributed by atoms with van der Waals surface area (Å²) >= 11 is 0. The molecule has 0 saturated heterocycles. The average molecular weight is 400 g/mol. The average Bonchev–Trinajstić information content (AvgIpc) is 2.52. The summed E-state index contributed by atoms with van der Waals surface area (Å²) < 4.78 is 46.5. The highest BCUT2D eigenvalue weighted by atomic mass is 19.4. The smallest absolute Gasteiger partial charge is 0.471 e. The highest BCUT2D eigenvalue weighted by Crippen LogP contribution is 2.22. The van der Waals surface area contributed by atoms with E-state index in [1.165, 1.54) is 19.2 Å². The van der Waals surface area contributed by atoms with E-state index in [1.54, 1.807) is 0 Å². The predicted molar refractivity (Wildman–Crippen MR) is 80.1 cm³/mol. The number of hydrogen-bond acceptors (Lipinski definition) is 7. The minimum Gasteiger partial charge on any atom is -0.479 e. The highest BCUT2D eigenvalue weighted by Gasteiger charge is 2.50. The topological polar surface area (TPSA) is 148 Å². The van der Waals surface area contributed by atoms with Crippen LogP contribution in [0.25, 0.3) is 0 Å². The van der Waals surface area contributed by atoms with Gasteiger partial charge in [-0.2, -0.15) is 13.2 Å². The van der Waals surface area contributed by atoms with Crippen LogP contribution in [0.3, 0.4) is 0 Å². The number of rotatable bonds is 9. The van der Waals surface area contributed by atoms with Gasteiger partial charge in [0, 0.05) is 0 Å². The van der Waals surface area contributed by atoms with Gasteiger partial charge < -0.3 is 25.2 Å². The largest absolute Gasteiger partial charge is 0.479 e. The molecule has 0 heterocycles. The second kappa shape index (κ2) is 9.73. The van der Waals surface area contributed by atoms with E-state index in [1.807, 2.05) is 5.32 Å². The Hall–Kier alpha value is -2.86. The molecular formula is C14H19F3N2O8. The Labute approximate surface area is 151 Å². The lowest BCUT2D eigenvalue weighted by Gasteiger charge is -2.29. The van der Waals surface area contributed by atoms with Crippen molar-refractivity contribution in [3.05, 3.63) is 0 Å². The van der Waals surface area contributed by atoms with E-state index >= 15 is 0 Å². The number of halogens is 3. The number of amides is 2. The van der Waals surface area contributed by atoms with E-state index < -0.39 is 60.3 Å². The van der Waals surface area contributed by atoms with Crippen molar-refractivity contribution in [1.29, 1.82) is 0 Å². The molecule has 0 aliphatic carbocycles. The van der Waals surface area contributed by atoms with Crippen LogP contribution in [-0.4, -0.2) is 66.3 Å². The molecule has 0 aromatic carbocycles. The monoisotopic (exact) mass is 400 g/mol. The van der Waals surface area contributed by atoms with Gasteiger partial charge in [-0.3, -0.25) is 14.4 Å². The zero-order valence-corrected chi connectivity index (χ0v) is 14.6. The number of aliphatic carboxylic acids is 1. The molecule has 13 heteroatoms. The first-order valence-electron chi connectivity index (χ1n) is 7.44. The number of esters is 2. The number of hydrogen-bond donors (Lipinski definition) is 3. The van der Waals surface area contributed by atoms with Crippen LogP contribution in [0.1, 0.15) is 26.7 Å². The van der Waals surface area contributed by atoms with Crippen LogP contribution in [0.15, 0.2) is 0 Å². The molecule has 0 spiro atoms. The first kappa shape index (κ1) is 24.1. The summed E-state index contributed by atoms with van der Waals surface area (Å²) in [6, 6.07) is -1.25. The Bertz CT molecular complexity index is 608. The zero-order chi connectivity index (χ0) is 21.4. The SMILES string of the molecule is CCOC(=O)C[C@](CC(=O)N[C@@H](C)C(=O)OC)(NC(=O)C(F)(F)F)C(=O)O. The molecule has 0 saturated carbocycles. The number of carboxylic acid groups (broad SMARTS) is 1. The molecule has 0 aromatic heterocycles. The molecule has 0 radical (unpaired) electrons. The highest BCUT2D eigenvalue weighted by molar-refractivity contribution is 5.97. The molecule has 0 rings (SSSR count). The molecule has 3 N–H and O–H groups in total. The second-order valence-corrected chi connectivity index (χ2v) is 5.31. The molecule has 0 aromatic rings. The molecule has 27 heavy (non-hydrogen) atoms. The van der Waals surface area contributed by atoms with Gasteiger partial charge >= 0.3 is 30.0 Å². The molecule has 0 aliphatic rings. The maximum Gasteiger partial charge on any atom is 0.471 e. The van der Waals surface area contributed by atoms with Crippen molar-refractivity contribution >= 4 is 29.7 Å². The molecule has 0 unspecified atom stereocenters. The van der Waals surface area contributed by atoms with Crippen LogP contribution >= 0.6 is 0 Å². The summed E-state index contributed by atoms with van der Waals surface area (Å²) in [5, 5.41) is 12.5. The lowest BCUT2D eigenvalue weighted by molar-refractivity contribution is -0.179. The van der Waals surface area contributed by atoms with Crippen molar-refractivity contribution in [1.82, 2.24) is 10.6 Å². The fraction of sp³-hybridized carbons (Fsp3) is 0.643. The van der Waals surface area contributed by atoms with E-state index in [2.05, 4.69) is 9.47 Å². The van der Waals surface area contributed by atoms with Gasteiger partial charge in [0.15, 0.2) is 5.54 Å². The summed E-state index contributed by atoms with van der Waals surface area (Å²) in [5.41, 5.74) is -2.95. The van der Waals surface area contributed by atoms with Crippen molar-refractivity contribution in [2.45, 2.75) is 44.4 Å². The molecule has 0 fully saturated rings. The van der Waals surface area contributed by atoms with Crippen LogP contribution in [0.5, 0.6) is 0 Å². The first-order valence-corrected chi connectivity index (χ1v) is 7.44.